The quantitative estimate of drug-likeness (QED) is 0.704. The lowest BCUT2D eigenvalue weighted by atomic mass is 10.1. The maximum Gasteiger partial charge on any atom is 0.409 e. The van der Waals surface area contributed by atoms with Crippen LogP contribution in [-0.4, -0.2) is 54.4 Å². The molecule has 0 aromatic heterocycles. The van der Waals surface area contributed by atoms with Gasteiger partial charge in [0.25, 0.3) is 0 Å². The summed E-state index contributed by atoms with van der Waals surface area (Å²) in [5.74, 6) is 0.0306. The van der Waals surface area contributed by atoms with Crippen LogP contribution in [0.5, 0.6) is 0 Å². The average Bonchev–Trinajstić information content (AvgIpc) is 2.40. The number of rotatable bonds is 6. The van der Waals surface area contributed by atoms with Crippen LogP contribution in [0, 0.1) is 0 Å². The lowest BCUT2D eigenvalue weighted by Crippen LogP contribution is -2.46. The minimum atomic E-state index is -0.268. The monoisotopic (exact) mass is 272 g/mol. The number of hydrogen-bond acceptors (Lipinski definition) is 4. The van der Waals surface area contributed by atoms with Gasteiger partial charge in [-0.2, -0.15) is 0 Å². The van der Waals surface area contributed by atoms with E-state index in [0.29, 0.717) is 39.0 Å². The molecule has 0 saturated carbocycles. The second-order valence-corrected chi connectivity index (χ2v) is 4.71. The zero-order valence-electron chi connectivity index (χ0n) is 11.6. The van der Waals surface area contributed by atoms with Crippen LogP contribution in [-0.2, 0) is 9.53 Å². The van der Waals surface area contributed by atoms with E-state index in [1.165, 1.54) is 0 Å². The molecule has 0 spiro atoms. The molecule has 0 unspecified atom stereocenters. The molecule has 1 saturated heterocycles. The standard InChI is InChI=1S/C13H24N2O4/c1-2-19-13(18)15-8-6-11(7-9-15)14-12(17)5-3-4-10-16/h11,16H,2-10H2,1H3,(H,14,17). The van der Waals surface area contributed by atoms with Crippen LogP contribution in [0.1, 0.15) is 39.0 Å². The van der Waals surface area contributed by atoms with Crippen LogP contribution in [0.2, 0.25) is 0 Å². The molecule has 6 heteroatoms. The van der Waals surface area contributed by atoms with Crippen LogP contribution in [0.4, 0.5) is 4.79 Å². The molecule has 0 aromatic rings. The molecule has 0 aromatic carbocycles. The Morgan fingerprint density at radius 2 is 2.00 bits per heavy atom. The van der Waals surface area contributed by atoms with Crippen molar-refractivity contribution in [2.24, 2.45) is 0 Å². The number of aliphatic hydroxyl groups is 1. The Hall–Kier alpha value is -1.30. The Morgan fingerprint density at radius 1 is 1.32 bits per heavy atom. The summed E-state index contributed by atoms with van der Waals surface area (Å²) < 4.78 is 4.94. The fourth-order valence-corrected chi connectivity index (χ4v) is 2.12. The summed E-state index contributed by atoms with van der Waals surface area (Å²) in [4.78, 5) is 24.8. The minimum Gasteiger partial charge on any atom is -0.450 e. The molecule has 1 rings (SSSR count). The van der Waals surface area contributed by atoms with E-state index in [1.54, 1.807) is 11.8 Å². The van der Waals surface area contributed by atoms with Crippen molar-refractivity contribution < 1.29 is 19.4 Å². The minimum absolute atomic E-state index is 0.0306. The molecule has 0 atom stereocenters. The van der Waals surface area contributed by atoms with E-state index >= 15 is 0 Å². The average molecular weight is 272 g/mol. The second kappa shape index (κ2) is 8.74. The summed E-state index contributed by atoms with van der Waals surface area (Å²) in [5.41, 5.74) is 0. The van der Waals surface area contributed by atoms with Crippen LogP contribution >= 0.6 is 0 Å². The normalized spacial score (nSPS) is 16.2. The number of nitrogens with one attached hydrogen (secondary N) is 1. The van der Waals surface area contributed by atoms with Gasteiger partial charge in [0.2, 0.25) is 5.91 Å². The first kappa shape index (κ1) is 15.8. The van der Waals surface area contributed by atoms with Gasteiger partial charge in [-0.3, -0.25) is 4.79 Å². The smallest absolute Gasteiger partial charge is 0.409 e. The van der Waals surface area contributed by atoms with Gasteiger partial charge < -0.3 is 20.1 Å². The Morgan fingerprint density at radius 3 is 2.58 bits per heavy atom. The van der Waals surface area contributed by atoms with E-state index in [9.17, 15) is 9.59 Å². The van der Waals surface area contributed by atoms with E-state index in [0.717, 1.165) is 12.8 Å². The lowest BCUT2D eigenvalue weighted by molar-refractivity contribution is -0.122. The number of likely N-dealkylation sites (tertiary alicyclic amines) is 1. The van der Waals surface area contributed by atoms with Gasteiger partial charge in [-0.15, -0.1) is 0 Å². The summed E-state index contributed by atoms with van der Waals surface area (Å²) in [6.07, 6.45) is 3.10. The van der Waals surface area contributed by atoms with Crippen molar-refractivity contribution in [3.63, 3.8) is 0 Å². The van der Waals surface area contributed by atoms with Crippen molar-refractivity contribution in [1.82, 2.24) is 10.2 Å². The maximum atomic E-state index is 11.6. The number of nitrogens with zero attached hydrogens (tertiary/aromatic N) is 1. The Kier molecular flexibility index (Phi) is 7.25. The molecule has 2 N–H and O–H groups in total. The van der Waals surface area contributed by atoms with E-state index in [2.05, 4.69) is 5.32 Å². The molecule has 0 aliphatic carbocycles. The molecule has 1 aliphatic rings. The molecule has 1 aliphatic heterocycles. The maximum absolute atomic E-state index is 11.6. The van der Waals surface area contributed by atoms with E-state index in [4.69, 9.17) is 9.84 Å². The van der Waals surface area contributed by atoms with Gasteiger partial charge in [0.15, 0.2) is 0 Å². The van der Waals surface area contributed by atoms with Crippen LogP contribution in [0.25, 0.3) is 0 Å². The molecule has 1 fully saturated rings. The zero-order valence-corrected chi connectivity index (χ0v) is 11.6. The highest BCUT2D eigenvalue weighted by molar-refractivity contribution is 5.76. The summed E-state index contributed by atoms with van der Waals surface area (Å²) in [5, 5.41) is 11.6. The van der Waals surface area contributed by atoms with Crippen LogP contribution in [0.3, 0.4) is 0 Å². The first-order valence-electron chi connectivity index (χ1n) is 6.99. The third-order valence-corrected chi connectivity index (χ3v) is 3.20. The first-order valence-corrected chi connectivity index (χ1v) is 6.99. The Balaban J connectivity index is 2.19. The second-order valence-electron chi connectivity index (χ2n) is 4.71. The van der Waals surface area contributed by atoms with Crippen molar-refractivity contribution >= 4 is 12.0 Å². The number of piperidine rings is 1. The highest BCUT2D eigenvalue weighted by atomic mass is 16.6. The van der Waals surface area contributed by atoms with Crippen molar-refractivity contribution in [1.29, 1.82) is 0 Å². The number of carbonyl (C=O) groups excluding carboxylic acids is 2. The molecule has 1 heterocycles. The Bertz CT molecular complexity index is 288. The number of carbonyl (C=O) groups is 2. The number of ether oxygens (including phenoxy) is 1. The molecular weight excluding hydrogens is 248 g/mol. The van der Waals surface area contributed by atoms with Gasteiger partial charge in [-0.05, 0) is 32.6 Å². The van der Waals surface area contributed by atoms with Gasteiger partial charge in [0.05, 0.1) is 6.61 Å². The number of aliphatic hydroxyl groups excluding tert-OH is 1. The van der Waals surface area contributed by atoms with Crippen LogP contribution in [0.15, 0.2) is 0 Å². The highest BCUT2D eigenvalue weighted by Crippen LogP contribution is 2.12. The molecule has 6 nitrogen and oxygen atoms in total. The fourth-order valence-electron chi connectivity index (χ4n) is 2.12. The Labute approximate surface area is 114 Å². The summed E-state index contributed by atoms with van der Waals surface area (Å²) in [6.45, 7) is 3.56. The molecule has 19 heavy (non-hydrogen) atoms. The largest absolute Gasteiger partial charge is 0.450 e. The topological polar surface area (TPSA) is 78.9 Å². The summed E-state index contributed by atoms with van der Waals surface area (Å²) in [7, 11) is 0. The number of amides is 2. The number of hydrogen-bond donors (Lipinski definition) is 2. The summed E-state index contributed by atoms with van der Waals surface area (Å²) in [6, 6.07) is 0.146. The first-order chi connectivity index (χ1) is 9.17. The third-order valence-electron chi connectivity index (χ3n) is 3.20. The van der Waals surface area contributed by atoms with Crippen molar-refractivity contribution in [2.45, 2.75) is 45.1 Å². The lowest BCUT2D eigenvalue weighted by Gasteiger charge is -2.31. The number of unbranched alkanes of at least 4 members (excludes halogenated alkanes) is 1. The SMILES string of the molecule is CCOC(=O)N1CCC(NC(=O)CCCCO)CC1. The summed E-state index contributed by atoms with van der Waals surface area (Å²) >= 11 is 0. The predicted molar refractivity (Wildman–Crippen MR) is 70.7 cm³/mol. The van der Waals surface area contributed by atoms with E-state index in [-0.39, 0.29) is 24.6 Å². The van der Waals surface area contributed by atoms with Gasteiger partial charge in [0.1, 0.15) is 0 Å². The van der Waals surface area contributed by atoms with Crippen LogP contribution < -0.4 is 5.32 Å². The molecule has 110 valence electrons. The molecular formula is C13H24N2O4. The van der Waals surface area contributed by atoms with Gasteiger partial charge in [0, 0.05) is 32.2 Å². The molecule has 0 bridgehead atoms. The van der Waals surface area contributed by atoms with Crippen molar-refractivity contribution in [2.75, 3.05) is 26.3 Å². The predicted octanol–water partition coefficient (Wildman–Crippen LogP) is 0.886. The van der Waals surface area contributed by atoms with Gasteiger partial charge >= 0.3 is 6.09 Å². The third kappa shape index (κ3) is 5.92. The van der Waals surface area contributed by atoms with Crippen molar-refractivity contribution in [3.8, 4) is 0 Å². The van der Waals surface area contributed by atoms with Gasteiger partial charge in [-0.25, -0.2) is 4.79 Å². The zero-order chi connectivity index (χ0) is 14.1. The molecule has 2 amide bonds. The fraction of sp³-hybridized carbons (Fsp3) is 0.846. The van der Waals surface area contributed by atoms with Crippen molar-refractivity contribution in [3.05, 3.63) is 0 Å². The van der Waals surface area contributed by atoms with Gasteiger partial charge in [-0.1, -0.05) is 0 Å². The van der Waals surface area contributed by atoms with E-state index in [1.807, 2.05) is 0 Å². The highest BCUT2D eigenvalue weighted by Gasteiger charge is 2.24. The van der Waals surface area contributed by atoms with E-state index < -0.39 is 0 Å². The molecule has 0 radical (unpaired) electrons.